The summed E-state index contributed by atoms with van der Waals surface area (Å²) in [6, 6.07) is 5.18. The average molecular weight is 415 g/mol. The second-order valence-electron chi connectivity index (χ2n) is 8.50. The second kappa shape index (κ2) is 8.45. The molecule has 1 spiro atoms. The van der Waals surface area contributed by atoms with Gasteiger partial charge in [0.15, 0.2) is 0 Å². The molecule has 0 bridgehead atoms. The van der Waals surface area contributed by atoms with Crippen LogP contribution in [0.1, 0.15) is 43.7 Å². The highest BCUT2D eigenvalue weighted by Crippen LogP contribution is 2.38. The van der Waals surface area contributed by atoms with E-state index in [0.29, 0.717) is 6.42 Å². The number of carbonyl (C=O) groups excluding carboxylic acids is 4. The summed E-state index contributed by atoms with van der Waals surface area (Å²) in [5.74, 6) is -1.10. The predicted molar refractivity (Wildman–Crippen MR) is 113 cm³/mol. The van der Waals surface area contributed by atoms with Crippen molar-refractivity contribution in [3.05, 3.63) is 29.3 Å². The molecule has 1 aliphatic carbocycles. The molecule has 1 saturated heterocycles. The SMILES string of the molecule is Cc1cccc(C)c1NC(=O)CN(C)C(=O)CN1C(=O)N[C@@]2(CCCC[C@@H]2C)C1=O. The third kappa shape index (κ3) is 4.04. The van der Waals surface area contributed by atoms with Gasteiger partial charge < -0.3 is 15.5 Å². The van der Waals surface area contributed by atoms with Crippen molar-refractivity contribution in [1.82, 2.24) is 15.1 Å². The fourth-order valence-corrected chi connectivity index (χ4v) is 4.39. The molecule has 2 aliphatic rings. The molecule has 1 saturated carbocycles. The number of hydrogen-bond donors (Lipinski definition) is 2. The minimum atomic E-state index is -0.895. The zero-order valence-corrected chi connectivity index (χ0v) is 18.1. The second-order valence-corrected chi connectivity index (χ2v) is 8.50. The molecule has 8 heteroatoms. The lowest BCUT2D eigenvalue weighted by Gasteiger charge is -2.36. The van der Waals surface area contributed by atoms with Crippen molar-refractivity contribution in [2.24, 2.45) is 5.92 Å². The highest BCUT2D eigenvalue weighted by molar-refractivity contribution is 6.09. The Hall–Kier alpha value is -2.90. The fourth-order valence-electron chi connectivity index (χ4n) is 4.39. The van der Waals surface area contributed by atoms with Gasteiger partial charge in [-0.3, -0.25) is 19.3 Å². The molecule has 3 rings (SSSR count). The van der Waals surface area contributed by atoms with E-state index in [-0.39, 0.29) is 30.8 Å². The maximum Gasteiger partial charge on any atom is 0.325 e. The monoisotopic (exact) mass is 414 g/mol. The largest absolute Gasteiger partial charge is 0.335 e. The smallest absolute Gasteiger partial charge is 0.325 e. The first kappa shape index (κ1) is 21.8. The van der Waals surface area contributed by atoms with Crippen LogP contribution in [-0.2, 0) is 14.4 Å². The van der Waals surface area contributed by atoms with Crippen LogP contribution in [0.25, 0.3) is 0 Å². The number of imide groups is 1. The summed E-state index contributed by atoms with van der Waals surface area (Å²) in [6.07, 6.45) is 3.36. The molecule has 2 atom stereocenters. The van der Waals surface area contributed by atoms with Gasteiger partial charge in [0.05, 0.1) is 6.54 Å². The Balaban J connectivity index is 1.61. The first-order valence-electron chi connectivity index (χ1n) is 10.4. The third-order valence-electron chi connectivity index (χ3n) is 6.35. The lowest BCUT2D eigenvalue weighted by Crippen LogP contribution is -2.54. The van der Waals surface area contributed by atoms with Crippen LogP contribution in [0.3, 0.4) is 0 Å². The van der Waals surface area contributed by atoms with Crippen molar-refractivity contribution < 1.29 is 19.2 Å². The number of para-hydroxylation sites is 1. The van der Waals surface area contributed by atoms with E-state index >= 15 is 0 Å². The van der Waals surface area contributed by atoms with Crippen molar-refractivity contribution in [3.63, 3.8) is 0 Å². The summed E-state index contributed by atoms with van der Waals surface area (Å²) in [5, 5.41) is 5.67. The first-order valence-corrected chi connectivity index (χ1v) is 10.4. The Bertz CT molecular complexity index is 864. The van der Waals surface area contributed by atoms with Crippen molar-refractivity contribution in [2.45, 2.75) is 52.0 Å². The summed E-state index contributed by atoms with van der Waals surface area (Å²) >= 11 is 0. The molecule has 30 heavy (non-hydrogen) atoms. The molecule has 0 unspecified atom stereocenters. The predicted octanol–water partition coefficient (Wildman–Crippen LogP) is 2.20. The Morgan fingerprint density at radius 3 is 2.53 bits per heavy atom. The van der Waals surface area contributed by atoms with Gasteiger partial charge in [0.1, 0.15) is 12.1 Å². The maximum atomic E-state index is 13.0. The fraction of sp³-hybridized carbons (Fsp3) is 0.545. The standard InChI is InChI=1S/C22H30N4O4/c1-14-8-7-9-15(2)19(14)23-17(27)12-25(4)18(28)13-26-20(29)22(24-21(26)30)11-6-5-10-16(22)3/h7-9,16H,5-6,10-13H2,1-4H3,(H,23,27)(H,24,30)/t16-,22+/m0/s1. The van der Waals surface area contributed by atoms with Gasteiger partial charge in [-0.15, -0.1) is 0 Å². The maximum absolute atomic E-state index is 13.0. The number of anilines is 1. The number of benzene rings is 1. The topological polar surface area (TPSA) is 98.8 Å². The molecule has 1 aromatic rings. The van der Waals surface area contributed by atoms with Gasteiger partial charge in [-0.1, -0.05) is 38.0 Å². The van der Waals surface area contributed by atoms with Gasteiger partial charge in [0.2, 0.25) is 11.8 Å². The van der Waals surface area contributed by atoms with Gasteiger partial charge in [-0.25, -0.2) is 4.79 Å². The number of carbonyl (C=O) groups is 4. The number of amides is 5. The molecule has 1 heterocycles. The van der Waals surface area contributed by atoms with Gasteiger partial charge in [-0.2, -0.15) is 0 Å². The van der Waals surface area contributed by atoms with E-state index in [1.54, 1.807) is 0 Å². The molecule has 2 N–H and O–H groups in total. The third-order valence-corrected chi connectivity index (χ3v) is 6.35. The molecule has 8 nitrogen and oxygen atoms in total. The van der Waals surface area contributed by atoms with E-state index in [9.17, 15) is 19.2 Å². The van der Waals surface area contributed by atoms with Gasteiger partial charge >= 0.3 is 6.03 Å². The number of nitrogens with zero attached hydrogens (tertiary/aromatic N) is 2. The molecular weight excluding hydrogens is 384 g/mol. The quantitative estimate of drug-likeness (QED) is 0.722. The molecule has 0 aromatic heterocycles. The number of aryl methyl sites for hydroxylation is 2. The van der Waals surface area contributed by atoms with E-state index in [2.05, 4.69) is 10.6 Å². The molecule has 1 aromatic carbocycles. The molecular formula is C22H30N4O4. The number of rotatable bonds is 5. The van der Waals surface area contributed by atoms with Crippen molar-refractivity contribution in [3.8, 4) is 0 Å². The van der Waals surface area contributed by atoms with Crippen LogP contribution in [-0.4, -0.2) is 59.2 Å². The molecule has 1 aliphatic heterocycles. The van der Waals surface area contributed by atoms with E-state index in [4.69, 9.17) is 0 Å². The summed E-state index contributed by atoms with van der Waals surface area (Å²) in [4.78, 5) is 52.7. The Morgan fingerprint density at radius 1 is 1.23 bits per heavy atom. The van der Waals surface area contributed by atoms with Crippen LogP contribution in [0, 0.1) is 19.8 Å². The van der Waals surface area contributed by atoms with Crippen LogP contribution < -0.4 is 10.6 Å². The number of likely N-dealkylation sites (N-methyl/N-ethyl adjacent to an activating group) is 1. The van der Waals surface area contributed by atoms with Crippen LogP contribution in [0.4, 0.5) is 10.5 Å². The van der Waals surface area contributed by atoms with Gasteiger partial charge in [0, 0.05) is 12.7 Å². The van der Waals surface area contributed by atoms with Gasteiger partial charge in [-0.05, 0) is 43.7 Å². The minimum Gasteiger partial charge on any atom is -0.335 e. The summed E-state index contributed by atoms with van der Waals surface area (Å²) in [5.41, 5.74) is 1.70. The van der Waals surface area contributed by atoms with Gasteiger partial charge in [0.25, 0.3) is 5.91 Å². The van der Waals surface area contributed by atoms with Crippen LogP contribution in [0.2, 0.25) is 0 Å². The molecule has 162 valence electrons. The van der Waals surface area contributed by atoms with Crippen molar-refractivity contribution >= 4 is 29.4 Å². The van der Waals surface area contributed by atoms with Crippen LogP contribution in [0.5, 0.6) is 0 Å². The lowest BCUT2D eigenvalue weighted by atomic mass is 9.73. The molecule has 5 amide bonds. The van der Waals surface area contributed by atoms with Crippen LogP contribution >= 0.6 is 0 Å². The Morgan fingerprint density at radius 2 is 1.90 bits per heavy atom. The zero-order valence-electron chi connectivity index (χ0n) is 18.1. The van der Waals surface area contributed by atoms with Crippen LogP contribution in [0.15, 0.2) is 18.2 Å². The molecule has 0 radical (unpaired) electrons. The first-order chi connectivity index (χ1) is 14.2. The van der Waals surface area contributed by atoms with E-state index in [0.717, 1.165) is 41.0 Å². The number of urea groups is 1. The number of nitrogens with one attached hydrogen (secondary N) is 2. The summed E-state index contributed by atoms with van der Waals surface area (Å²) in [6.45, 7) is 5.23. The average Bonchev–Trinajstić information content (AvgIpc) is 2.92. The van der Waals surface area contributed by atoms with Crippen molar-refractivity contribution in [2.75, 3.05) is 25.5 Å². The highest BCUT2D eigenvalue weighted by atomic mass is 16.2. The highest BCUT2D eigenvalue weighted by Gasteiger charge is 2.55. The molecule has 2 fully saturated rings. The summed E-state index contributed by atoms with van der Waals surface area (Å²) in [7, 11) is 1.49. The van der Waals surface area contributed by atoms with E-state index in [1.807, 2.05) is 39.0 Å². The Labute approximate surface area is 177 Å². The zero-order chi connectivity index (χ0) is 22.1. The number of hydrogen-bond acceptors (Lipinski definition) is 4. The van der Waals surface area contributed by atoms with E-state index < -0.39 is 17.5 Å². The lowest BCUT2D eigenvalue weighted by molar-refractivity contribution is -0.140. The van der Waals surface area contributed by atoms with E-state index in [1.165, 1.54) is 11.9 Å². The minimum absolute atomic E-state index is 0.0312. The normalized spacial score (nSPS) is 23.5. The Kier molecular flexibility index (Phi) is 6.14. The van der Waals surface area contributed by atoms with Crippen molar-refractivity contribution in [1.29, 1.82) is 0 Å². The summed E-state index contributed by atoms with van der Waals surface area (Å²) < 4.78 is 0.